The van der Waals surface area contributed by atoms with Gasteiger partial charge in [-0.2, -0.15) is 0 Å². The van der Waals surface area contributed by atoms with Crippen molar-refractivity contribution in [2.45, 2.75) is 118 Å². The maximum atomic E-state index is 14.4. The van der Waals surface area contributed by atoms with E-state index >= 15 is 0 Å². The molecule has 58 heavy (non-hydrogen) atoms. The Morgan fingerprint density at radius 3 is 1.93 bits per heavy atom. The lowest BCUT2D eigenvalue weighted by Gasteiger charge is -2.34. The van der Waals surface area contributed by atoms with E-state index in [9.17, 15) is 53.4 Å². The van der Waals surface area contributed by atoms with E-state index in [1.54, 1.807) is 40.7 Å². The van der Waals surface area contributed by atoms with Gasteiger partial charge < -0.3 is 46.1 Å². The number of hydrogen-bond acceptors (Lipinski definition) is 10. The maximum absolute atomic E-state index is 14.4. The van der Waals surface area contributed by atoms with Crippen molar-refractivity contribution in [3.63, 3.8) is 0 Å². The monoisotopic (exact) mass is 812 g/mol. The molecule has 1 fully saturated rings. The maximum Gasteiger partial charge on any atom is 0.336 e. The van der Waals surface area contributed by atoms with E-state index < -0.39 is 114 Å². The molecule has 7 N–H and O–H groups in total. The summed E-state index contributed by atoms with van der Waals surface area (Å²) >= 11 is 0. The minimum Gasteiger partial charge on any atom is -0.481 e. The van der Waals surface area contributed by atoms with E-state index in [1.165, 1.54) is 30.0 Å². The van der Waals surface area contributed by atoms with E-state index in [-0.39, 0.29) is 23.2 Å². The number of likely N-dealkylation sites (tertiary alicyclic amines) is 1. The Morgan fingerprint density at radius 2 is 1.40 bits per heavy atom. The normalized spacial score (nSPS) is 17.5. The van der Waals surface area contributed by atoms with Crippen molar-refractivity contribution in [1.29, 1.82) is 0 Å². The second-order valence-corrected chi connectivity index (χ2v) is 16.7. The number of fused-ring (bicyclic) bond motifs is 1. The zero-order valence-electron chi connectivity index (χ0n) is 34.4. The molecule has 18 heteroatoms. The summed E-state index contributed by atoms with van der Waals surface area (Å²) in [6, 6.07) is -0.984. The third-order valence-electron chi connectivity index (χ3n) is 9.73. The van der Waals surface area contributed by atoms with Gasteiger partial charge in [0.15, 0.2) is 0 Å². The number of anilines is 1. The molecule has 2 heterocycles. The third kappa shape index (κ3) is 12.9. The van der Waals surface area contributed by atoms with Crippen molar-refractivity contribution in [1.82, 2.24) is 26.2 Å². The zero-order chi connectivity index (χ0) is 43.8. The van der Waals surface area contributed by atoms with Gasteiger partial charge in [0.25, 0.3) is 0 Å². The number of aliphatic carboxylic acids is 2. The fourth-order valence-corrected chi connectivity index (χ4v) is 7.08. The molecule has 2 aromatic rings. The highest BCUT2D eigenvalue weighted by atomic mass is 16.4. The molecule has 3 rings (SSSR count). The van der Waals surface area contributed by atoms with Crippen LogP contribution in [0.2, 0.25) is 0 Å². The first kappa shape index (κ1) is 46.6. The van der Waals surface area contributed by atoms with E-state index in [1.807, 2.05) is 20.8 Å². The summed E-state index contributed by atoms with van der Waals surface area (Å²) in [7, 11) is 0. The number of nitrogens with one attached hydrogen (secondary N) is 5. The number of carboxylic acids is 2. The molecule has 0 bridgehead atoms. The van der Waals surface area contributed by atoms with Gasteiger partial charge in [0.1, 0.15) is 35.8 Å². The van der Waals surface area contributed by atoms with Crippen molar-refractivity contribution >= 4 is 64.0 Å². The molecule has 0 unspecified atom stereocenters. The van der Waals surface area contributed by atoms with Crippen LogP contribution in [0.4, 0.5) is 5.69 Å². The fourth-order valence-electron chi connectivity index (χ4n) is 7.08. The summed E-state index contributed by atoms with van der Waals surface area (Å²) in [6.45, 7) is 15.4. The quantitative estimate of drug-likeness (QED) is 0.113. The fraction of sp³-hybridized carbons (Fsp3) is 0.575. The Morgan fingerprint density at radius 1 is 0.810 bits per heavy atom. The molecule has 6 amide bonds. The summed E-state index contributed by atoms with van der Waals surface area (Å²) in [6.07, 6.45) is -0.854. The number of aryl methyl sites for hydroxylation is 1. The Hall–Kier alpha value is -5.81. The number of benzene rings is 1. The van der Waals surface area contributed by atoms with Crippen molar-refractivity contribution in [2.24, 2.45) is 23.2 Å². The number of amides is 6. The summed E-state index contributed by atoms with van der Waals surface area (Å²) in [4.78, 5) is 118. The van der Waals surface area contributed by atoms with Gasteiger partial charge in [0.05, 0.1) is 12.8 Å². The summed E-state index contributed by atoms with van der Waals surface area (Å²) < 4.78 is 5.25. The molecule has 0 aliphatic carbocycles. The predicted molar refractivity (Wildman–Crippen MR) is 211 cm³/mol. The minimum atomic E-state index is -1.64. The number of carbonyl (C=O) groups is 8. The summed E-state index contributed by atoms with van der Waals surface area (Å²) in [5, 5.41) is 32.5. The second-order valence-electron chi connectivity index (χ2n) is 16.7. The standard InChI is InChI=1S/C40H56N6O12/c1-19(2)32(41-22(6)47)37(55)43-27(17-30(50)51)36(54)45-33(20(3)4)39(57)46-13-12-23(18-40(7,8)9)34(46)38(56)44-26(16-29(48)49)35(53)42-24-10-11-25-21(5)14-31(52)58-28(25)15-24/h10-11,14-15,19-20,23,26-27,32-34H,12-13,16-18H2,1-9H3,(H,41,47)(H,42,53)(H,43,55)(H,44,56)(H,45,54)(H,48,49)(H,50,51)/t23-,26+,27+,32+,33+,34+/m1/s1. The van der Waals surface area contributed by atoms with Crippen molar-refractivity contribution < 1.29 is 53.0 Å². The van der Waals surface area contributed by atoms with Crippen LogP contribution in [0.1, 0.15) is 86.6 Å². The number of hydrogen-bond donors (Lipinski definition) is 7. The number of nitrogens with zero attached hydrogens (tertiary/aromatic N) is 1. The molecule has 0 radical (unpaired) electrons. The van der Waals surface area contributed by atoms with Crippen LogP contribution in [0.5, 0.6) is 0 Å². The smallest absolute Gasteiger partial charge is 0.336 e. The van der Waals surface area contributed by atoms with E-state index in [0.29, 0.717) is 23.8 Å². The summed E-state index contributed by atoms with van der Waals surface area (Å²) in [5.41, 5.74) is 0.0596. The average molecular weight is 813 g/mol. The van der Waals surface area contributed by atoms with Gasteiger partial charge in [-0.15, -0.1) is 0 Å². The first-order chi connectivity index (χ1) is 26.9. The van der Waals surface area contributed by atoms with Crippen molar-refractivity contribution in [3.8, 4) is 0 Å². The van der Waals surface area contributed by atoms with Crippen LogP contribution >= 0.6 is 0 Å². The molecule has 6 atom stereocenters. The Balaban J connectivity index is 1.92. The summed E-state index contributed by atoms with van der Waals surface area (Å²) in [5.74, 6) is -8.97. The van der Waals surface area contributed by atoms with Crippen LogP contribution in [-0.2, 0) is 38.4 Å². The van der Waals surface area contributed by atoms with Gasteiger partial charge in [0, 0.05) is 36.7 Å². The van der Waals surface area contributed by atoms with Crippen LogP contribution in [-0.4, -0.2) is 99.2 Å². The largest absolute Gasteiger partial charge is 0.481 e. The number of carbonyl (C=O) groups excluding carboxylic acids is 6. The van der Waals surface area contributed by atoms with Crippen LogP contribution in [0.3, 0.4) is 0 Å². The van der Waals surface area contributed by atoms with Crippen molar-refractivity contribution in [3.05, 3.63) is 40.2 Å². The SMILES string of the molecule is CC(=O)N[C@H](C(=O)N[C@@H](CC(=O)O)C(=O)N[C@H](C(=O)N1CC[C@H](CC(C)(C)C)[C@H]1C(=O)N[C@@H](CC(=O)O)C(=O)Nc1ccc2c(C)cc(=O)oc2c1)C(C)C)C(C)C. The molecular weight excluding hydrogens is 756 g/mol. The van der Waals surface area contributed by atoms with Crippen LogP contribution in [0.15, 0.2) is 33.5 Å². The second kappa shape index (κ2) is 19.6. The van der Waals surface area contributed by atoms with E-state index in [2.05, 4.69) is 26.6 Å². The predicted octanol–water partition coefficient (Wildman–Crippen LogP) is 1.91. The molecule has 1 aliphatic heterocycles. The van der Waals surface area contributed by atoms with Crippen LogP contribution in [0, 0.1) is 30.1 Å². The Labute approximate surface area is 336 Å². The van der Waals surface area contributed by atoms with Gasteiger partial charge in [-0.3, -0.25) is 38.4 Å². The molecule has 0 spiro atoms. The first-order valence-corrected chi connectivity index (χ1v) is 19.2. The Bertz CT molecular complexity index is 1970. The van der Waals surface area contributed by atoms with E-state index in [0.717, 1.165) is 0 Å². The molecule has 1 aliphatic rings. The molecule has 18 nitrogen and oxygen atoms in total. The molecule has 318 valence electrons. The lowest BCUT2D eigenvalue weighted by molar-refractivity contribution is -0.146. The van der Waals surface area contributed by atoms with Gasteiger partial charge in [-0.05, 0) is 60.6 Å². The first-order valence-electron chi connectivity index (χ1n) is 19.2. The van der Waals surface area contributed by atoms with Gasteiger partial charge in [-0.1, -0.05) is 48.5 Å². The lowest BCUT2D eigenvalue weighted by atomic mass is 9.81. The highest BCUT2D eigenvalue weighted by Crippen LogP contribution is 2.36. The Kier molecular flexibility index (Phi) is 15.7. The molecule has 0 saturated carbocycles. The van der Waals surface area contributed by atoms with Gasteiger partial charge >= 0.3 is 17.6 Å². The van der Waals surface area contributed by atoms with Gasteiger partial charge in [-0.25, -0.2) is 4.79 Å². The van der Waals surface area contributed by atoms with Gasteiger partial charge in [0.2, 0.25) is 35.4 Å². The molecule has 1 aromatic heterocycles. The highest BCUT2D eigenvalue weighted by molar-refractivity contribution is 6.02. The van der Waals surface area contributed by atoms with Crippen LogP contribution in [0.25, 0.3) is 11.0 Å². The highest BCUT2D eigenvalue weighted by Gasteiger charge is 2.46. The molecular formula is C40H56N6O12. The lowest BCUT2D eigenvalue weighted by Crippen LogP contribution is -2.61. The molecule has 1 aromatic carbocycles. The van der Waals surface area contributed by atoms with Crippen molar-refractivity contribution in [2.75, 3.05) is 11.9 Å². The number of carboxylic acid groups (broad SMARTS) is 2. The molecule has 1 saturated heterocycles. The average Bonchev–Trinajstić information content (AvgIpc) is 3.49. The number of rotatable bonds is 17. The van der Waals surface area contributed by atoms with Crippen LogP contribution < -0.4 is 32.2 Å². The third-order valence-corrected chi connectivity index (χ3v) is 9.73. The zero-order valence-corrected chi connectivity index (χ0v) is 34.4. The van der Waals surface area contributed by atoms with E-state index in [4.69, 9.17) is 4.42 Å². The topological polar surface area (TPSA) is 271 Å². The minimum absolute atomic E-state index is 0.0658.